The van der Waals surface area contributed by atoms with Crippen molar-refractivity contribution >= 4 is 27.5 Å². The maximum absolute atomic E-state index is 12.6. The number of aromatic nitrogens is 2. The smallest absolute Gasteiger partial charge is 0.274 e. The van der Waals surface area contributed by atoms with Crippen LogP contribution in [-0.4, -0.2) is 22.5 Å². The zero-order valence-corrected chi connectivity index (χ0v) is 12.2. The topological polar surface area (TPSA) is 38.1 Å². The van der Waals surface area contributed by atoms with Gasteiger partial charge in [0.25, 0.3) is 5.91 Å². The van der Waals surface area contributed by atoms with Crippen molar-refractivity contribution in [2.45, 2.75) is 18.9 Å². The van der Waals surface area contributed by atoms with E-state index in [0.29, 0.717) is 6.04 Å². The van der Waals surface area contributed by atoms with E-state index in [1.54, 1.807) is 24.3 Å². The second kappa shape index (κ2) is 4.81. The molecule has 1 aliphatic carbocycles. The molecule has 0 spiro atoms. The Bertz CT molecular complexity index is 604. The first-order valence-electron chi connectivity index (χ1n) is 6.22. The van der Waals surface area contributed by atoms with Crippen LogP contribution in [0.4, 0.5) is 5.69 Å². The van der Waals surface area contributed by atoms with Gasteiger partial charge in [0.05, 0.1) is 0 Å². The van der Waals surface area contributed by atoms with E-state index in [2.05, 4.69) is 25.5 Å². The predicted octanol–water partition coefficient (Wildman–Crippen LogP) is 3.26. The van der Waals surface area contributed by atoms with Crippen molar-refractivity contribution in [2.75, 3.05) is 11.9 Å². The van der Waals surface area contributed by atoms with E-state index in [1.807, 2.05) is 24.4 Å². The second-order valence-corrected chi connectivity index (χ2v) is 5.67. The van der Waals surface area contributed by atoms with Crippen molar-refractivity contribution in [1.29, 1.82) is 0 Å². The van der Waals surface area contributed by atoms with E-state index in [-0.39, 0.29) is 5.91 Å². The summed E-state index contributed by atoms with van der Waals surface area (Å²) in [5, 5.41) is 0. The Kier molecular flexibility index (Phi) is 3.14. The number of halogens is 1. The summed E-state index contributed by atoms with van der Waals surface area (Å²) in [5.41, 5.74) is 1.58. The van der Waals surface area contributed by atoms with Crippen LogP contribution in [0.2, 0.25) is 0 Å². The minimum absolute atomic E-state index is 0.00352. The molecule has 2 aromatic heterocycles. The standard InChI is InChI=1S/C14H14BrN3O/c1-17(11-4-6-16-7-5-11)14(19)13-8-10(15)9-18(13)12-2-3-12/h4-9,12H,2-3H2,1H3. The van der Waals surface area contributed by atoms with Crippen LogP contribution in [0.15, 0.2) is 41.3 Å². The van der Waals surface area contributed by atoms with Crippen LogP contribution < -0.4 is 4.90 Å². The molecule has 0 radical (unpaired) electrons. The number of nitrogens with zero attached hydrogens (tertiary/aromatic N) is 3. The van der Waals surface area contributed by atoms with Gasteiger partial charge in [0.15, 0.2) is 0 Å². The lowest BCUT2D eigenvalue weighted by atomic mass is 10.3. The van der Waals surface area contributed by atoms with Crippen molar-refractivity contribution in [3.63, 3.8) is 0 Å². The van der Waals surface area contributed by atoms with Crippen LogP contribution in [0.25, 0.3) is 0 Å². The fourth-order valence-electron chi connectivity index (χ4n) is 2.13. The van der Waals surface area contributed by atoms with Gasteiger partial charge in [0.2, 0.25) is 0 Å². The Hall–Kier alpha value is -1.62. The highest BCUT2D eigenvalue weighted by molar-refractivity contribution is 9.10. The molecule has 0 aromatic carbocycles. The predicted molar refractivity (Wildman–Crippen MR) is 77.4 cm³/mol. The third-order valence-electron chi connectivity index (χ3n) is 3.33. The number of anilines is 1. The van der Waals surface area contributed by atoms with Gasteiger partial charge in [-0.05, 0) is 47.0 Å². The fourth-order valence-corrected chi connectivity index (χ4v) is 2.57. The molecule has 2 aromatic rings. The monoisotopic (exact) mass is 319 g/mol. The third-order valence-corrected chi connectivity index (χ3v) is 3.76. The summed E-state index contributed by atoms with van der Waals surface area (Å²) >= 11 is 3.45. The van der Waals surface area contributed by atoms with Crippen LogP contribution in [0.3, 0.4) is 0 Å². The molecular formula is C14H14BrN3O. The lowest BCUT2D eigenvalue weighted by molar-refractivity contribution is 0.0984. The summed E-state index contributed by atoms with van der Waals surface area (Å²) in [6.07, 6.45) is 7.68. The molecule has 19 heavy (non-hydrogen) atoms. The molecule has 1 aliphatic rings. The summed E-state index contributed by atoms with van der Waals surface area (Å²) in [4.78, 5) is 18.2. The van der Waals surface area contributed by atoms with Crippen LogP contribution >= 0.6 is 15.9 Å². The number of pyridine rings is 1. The fraction of sp³-hybridized carbons (Fsp3) is 0.286. The molecule has 1 saturated carbocycles. The molecule has 4 nitrogen and oxygen atoms in total. The highest BCUT2D eigenvalue weighted by Gasteiger charge is 2.29. The number of rotatable bonds is 3. The van der Waals surface area contributed by atoms with Crippen molar-refractivity contribution in [1.82, 2.24) is 9.55 Å². The molecule has 1 fully saturated rings. The van der Waals surface area contributed by atoms with Crippen LogP contribution in [-0.2, 0) is 0 Å². The number of amides is 1. The largest absolute Gasteiger partial charge is 0.339 e. The number of carbonyl (C=O) groups excluding carboxylic acids is 1. The van der Waals surface area contributed by atoms with Crippen LogP contribution in [0.1, 0.15) is 29.4 Å². The van der Waals surface area contributed by atoms with Crippen LogP contribution in [0, 0.1) is 0 Å². The first kappa shape index (κ1) is 12.4. The van der Waals surface area contributed by atoms with Crippen molar-refractivity contribution in [2.24, 2.45) is 0 Å². The maximum Gasteiger partial charge on any atom is 0.274 e. The van der Waals surface area contributed by atoms with Gasteiger partial charge >= 0.3 is 0 Å². The van der Waals surface area contributed by atoms with E-state index < -0.39 is 0 Å². The molecule has 5 heteroatoms. The molecule has 0 unspecified atom stereocenters. The summed E-state index contributed by atoms with van der Waals surface area (Å²) in [7, 11) is 1.79. The van der Waals surface area contributed by atoms with E-state index >= 15 is 0 Å². The van der Waals surface area contributed by atoms with E-state index in [4.69, 9.17) is 0 Å². The molecule has 0 bridgehead atoms. The Labute approximate surface area is 120 Å². The summed E-state index contributed by atoms with van der Waals surface area (Å²) < 4.78 is 3.02. The summed E-state index contributed by atoms with van der Waals surface area (Å²) in [5.74, 6) is 0.00352. The van der Waals surface area contributed by atoms with Crippen molar-refractivity contribution < 1.29 is 4.79 Å². The van der Waals surface area contributed by atoms with E-state index in [1.165, 1.54) is 0 Å². The molecule has 3 rings (SSSR count). The zero-order valence-electron chi connectivity index (χ0n) is 10.6. The summed E-state index contributed by atoms with van der Waals surface area (Å²) in [6.45, 7) is 0. The van der Waals surface area contributed by atoms with Gasteiger partial charge in [-0.1, -0.05) is 0 Å². The average Bonchev–Trinajstić information content (AvgIpc) is 3.21. The van der Waals surface area contributed by atoms with E-state index in [9.17, 15) is 4.79 Å². The number of hydrogen-bond acceptors (Lipinski definition) is 2. The zero-order chi connectivity index (χ0) is 13.4. The van der Waals surface area contributed by atoms with Gasteiger partial charge in [-0.3, -0.25) is 9.78 Å². The molecular weight excluding hydrogens is 306 g/mol. The van der Waals surface area contributed by atoms with Gasteiger partial charge in [0.1, 0.15) is 5.69 Å². The lowest BCUT2D eigenvalue weighted by Gasteiger charge is -2.18. The Balaban J connectivity index is 1.91. The Morgan fingerprint density at radius 1 is 1.42 bits per heavy atom. The molecule has 98 valence electrons. The van der Waals surface area contributed by atoms with E-state index in [0.717, 1.165) is 28.7 Å². The van der Waals surface area contributed by atoms with Gasteiger partial charge in [-0.2, -0.15) is 0 Å². The molecule has 1 amide bonds. The van der Waals surface area contributed by atoms with Gasteiger partial charge < -0.3 is 9.47 Å². The van der Waals surface area contributed by atoms with Crippen LogP contribution in [0.5, 0.6) is 0 Å². The quantitative estimate of drug-likeness (QED) is 0.871. The molecule has 2 heterocycles. The highest BCUT2D eigenvalue weighted by Crippen LogP contribution is 2.37. The molecule has 0 saturated heterocycles. The molecule has 0 N–H and O–H groups in total. The maximum atomic E-state index is 12.6. The van der Waals surface area contributed by atoms with Crippen molar-refractivity contribution in [3.05, 3.63) is 47.0 Å². The second-order valence-electron chi connectivity index (χ2n) is 4.75. The third kappa shape index (κ3) is 2.42. The number of hydrogen-bond donors (Lipinski definition) is 0. The normalized spacial score (nSPS) is 14.4. The SMILES string of the molecule is CN(C(=O)c1cc(Br)cn1C1CC1)c1ccncc1. The molecule has 0 aliphatic heterocycles. The minimum Gasteiger partial charge on any atom is -0.339 e. The Morgan fingerprint density at radius 3 is 2.74 bits per heavy atom. The number of carbonyl (C=O) groups is 1. The first-order valence-corrected chi connectivity index (χ1v) is 7.01. The first-order chi connectivity index (χ1) is 9.16. The van der Waals surface area contributed by atoms with Crippen molar-refractivity contribution in [3.8, 4) is 0 Å². The summed E-state index contributed by atoms with van der Waals surface area (Å²) in [6, 6.07) is 6.03. The highest BCUT2D eigenvalue weighted by atomic mass is 79.9. The average molecular weight is 320 g/mol. The lowest BCUT2D eigenvalue weighted by Crippen LogP contribution is -2.28. The molecule has 0 atom stereocenters. The Morgan fingerprint density at radius 2 is 2.11 bits per heavy atom. The van der Waals surface area contributed by atoms with Gasteiger partial charge in [0, 0.05) is 41.8 Å². The van der Waals surface area contributed by atoms with Gasteiger partial charge in [-0.25, -0.2) is 0 Å². The van der Waals surface area contributed by atoms with Gasteiger partial charge in [-0.15, -0.1) is 0 Å². The minimum atomic E-state index is 0.00352.